The van der Waals surface area contributed by atoms with Crippen molar-refractivity contribution in [3.63, 3.8) is 0 Å². The molecule has 1 aromatic rings. The summed E-state index contributed by atoms with van der Waals surface area (Å²) in [6, 6.07) is 1.56. The zero-order valence-corrected chi connectivity index (χ0v) is 7.91. The van der Waals surface area contributed by atoms with E-state index in [2.05, 4.69) is 16.5 Å². The summed E-state index contributed by atoms with van der Waals surface area (Å²) in [5.41, 5.74) is 6.20. The van der Waals surface area contributed by atoms with Gasteiger partial charge >= 0.3 is 0 Å². The molecule has 1 rings (SSSR count). The van der Waals surface area contributed by atoms with Gasteiger partial charge in [0.15, 0.2) is 0 Å². The summed E-state index contributed by atoms with van der Waals surface area (Å²) in [5, 5.41) is 2.63. The first kappa shape index (κ1) is 10.5. The number of hydrogen-bond acceptors (Lipinski definition) is 4. The van der Waals surface area contributed by atoms with E-state index in [1.165, 1.54) is 6.20 Å². The largest absolute Gasteiger partial charge is 0.398 e. The van der Waals surface area contributed by atoms with E-state index < -0.39 is 0 Å². The number of nitrogens with one attached hydrogen (secondary N) is 1. The number of ether oxygens (including phenoxy) is 1. The van der Waals surface area contributed by atoms with Crippen LogP contribution in [0.15, 0.2) is 12.3 Å². The topological polar surface area (TPSA) is 77.2 Å². The number of aromatic nitrogens is 1. The molecular formula is C9H12N3O2. The quantitative estimate of drug-likeness (QED) is 0.653. The van der Waals surface area contributed by atoms with E-state index in [-0.39, 0.29) is 11.5 Å². The highest BCUT2D eigenvalue weighted by Gasteiger charge is 2.08. The summed E-state index contributed by atoms with van der Waals surface area (Å²) >= 11 is 0. The Bertz CT molecular complexity index is 315. The van der Waals surface area contributed by atoms with E-state index in [9.17, 15) is 4.79 Å². The van der Waals surface area contributed by atoms with Crippen molar-refractivity contribution in [3.05, 3.63) is 24.0 Å². The number of amides is 1. The summed E-state index contributed by atoms with van der Waals surface area (Å²) < 4.78 is 4.79. The van der Waals surface area contributed by atoms with Gasteiger partial charge in [0.25, 0.3) is 5.91 Å². The lowest BCUT2D eigenvalue weighted by molar-refractivity contribution is 0.0937. The second kappa shape index (κ2) is 5.18. The maximum atomic E-state index is 11.4. The molecule has 0 spiro atoms. The minimum atomic E-state index is -0.285. The van der Waals surface area contributed by atoms with Gasteiger partial charge in [-0.3, -0.25) is 9.78 Å². The lowest BCUT2D eigenvalue weighted by Gasteiger charge is -2.05. The molecule has 14 heavy (non-hydrogen) atoms. The van der Waals surface area contributed by atoms with Gasteiger partial charge in [-0.2, -0.15) is 0 Å². The fourth-order valence-corrected chi connectivity index (χ4v) is 0.904. The standard InChI is InChI=1S/C9H12N3O2/c1-14-5-4-12-9(13)7-6-11-3-2-8(7)10/h2-3H,4-5H2,1H3,(H2,10,11)(H,12,13). The second-order valence-corrected chi connectivity index (χ2v) is 2.64. The van der Waals surface area contributed by atoms with Gasteiger partial charge in [0.05, 0.1) is 12.2 Å². The molecule has 0 saturated carbocycles. The third-order valence-corrected chi connectivity index (χ3v) is 1.61. The molecule has 3 N–H and O–H groups in total. The summed E-state index contributed by atoms with van der Waals surface area (Å²) in [7, 11) is 1.57. The first-order valence-electron chi connectivity index (χ1n) is 4.15. The number of pyridine rings is 1. The van der Waals surface area contributed by atoms with Crippen molar-refractivity contribution in [2.75, 3.05) is 26.0 Å². The molecule has 0 aliphatic heterocycles. The van der Waals surface area contributed by atoms with Crippen molar-refractivity contribution in [2.24, 2.45) is 0 Å². The average Bonchev–Trinajstić information content (AvgIpc) is 2.18. The van der Waals surface area contributed by atoms with Gasteiger partial charge in [-0.25, -0.2) is 0 Å². The van der Waals surface area contributed by atoms with Crippen LogP contribution in [0, 0.1) is 6.20 Å². The Morgan fingerprint density at radius 2 is 2.57 bits per heavy atom. The van der Waals surface area contributed by atoms with Crippen LogP contribution in [0.2, 0.25) is 0 Å². The SMILES string of the molecule is COCCNC(=O)c1[c]nccc1N. The van der Waals surface area contributed by atoms with Crippen molar-refractivity contribution < 1.29 is 9.53 Å². The number of anilines is 1. The van der Waals surface area contributed by atoms with E-state index in [4.69, 9.17) is 10.5 Å². The molecule has 75 valence electrons. The maximum absolute atomic E-state index is 11.4. The highest BCUT2D eigenvalue weighted by Crippen LogP contribution is 2.06. The van der Waals surface area contributed by atoms with Crippen LogP contribution in [0.1, 0.15) is 10.4 Å². The molecule has 0 aliphatic rings. The minimum Gasteiger partial charge on any atom is -0.398 e. The van der Waals surface area contributed by atoms with E-state index in [1.54, 1.807) is 13.2 Å². The van der Waals surface area contributed by atoms with Crippen molar-refractivity contribution >= 4 is 11.6 Å². The number of hydrogen-bond donors (Lipinski definition) is 2. The Kier molecular flexibility index (Phi) is 3.87. The highest BCUT2D eigenvalue weighted by molar-refractivity contribution is 5.98. The Hall–Kier alpha value is -1.62. The number of carbonyl (C=O) groups is 1. The average molecular weight is 194 g/mol. The van der Waals surface area contributed by atoms with Gasteiger partial charge in [-0.05, 0) is 6.07 Å². The third-order valence-electron chi connectivity index (χ3n) is 1.61. The highest BCUT2D eigenvalue weighted by atomic mass is 16.5. The Morgan fingerprint density at radius 3 is 3.21 bits per heavy atom. The van der Waals surface area contributed by atoms with Crippen LogP contribution >= 0.6 is 0 Å². The predicted molar refractivity (Wildman–Crippen MR) is 51.7 cm³/mol. The van der Waals surface area contributed by atoms with E-state index in [0.29, 0.717) is 18.8 Å². The summed E-state index contributed by atoms with van der Waals surface area (Å²) in [4.78, 5) is 15.1. The van der Waals surface area contributed by atoms with Crippen molar-refractivity contribution in [2.45, 2.75) is 0 Å². The van der Waals surface area contributed by atoms with Crippen LogP contribution in [0.25, 0.3) is 0 Å². The van der Waals surface area contributed by atoms with Gasteiger partial charge in [-0.15, -0.1) is 0 Å². The van der Waals surface area contributed by atoms with E-state index in [1.807, 2.05) is 0 Å². The Labute approximate surface area is 82.3 Å². The molecule has 0 saturated heterocycles. The van der Waals surface area contributed by atoms with Gasteiger partial charge in [-0.1, -0.05) is 0 Å². The lowest BCUT2D eigenvalue weighted by Crippen LogP contribution is -2.27. The number of rotatable bonds is 4. The number of methoxy groups -OCH3 is 1. The summed E-state index contributed by atoms with van der Waals surface area (Å²) in [6.07, 6.45) is 4.02. The van der Waals surface area contributed by atoms with Crippen molar-refractivity contribution in [3.8, 4) is 0 Å². The predicted octanol–water partition coefficient (Wildman–Crippen LogP) is -0.160. The zero-order chi connectivity index (χ0) is 10.4. The molecular weight excluding hydrogens is 182 g/mol. The monoisotopic (exact) mass is 194 g/mol. The molecule has 0 fully saturated rings. The molecule has 1 heterocycles. The smallest absolute Gasteiger partial charge is 0.255 e. The summed E-state index contributed by atoms with van der Waals surface area (Å²) in [6.45, 7) is 0.906. The number of nitrogen functional groups attached to an aromatic ring is 1. The molecule has 5 heteroatoms. The maximum Gasteiger partial charge on any atom is 0.255 e. The van der Waals surface area contributed by atoms with Gasteiger partial charge in [0, 0.05) is 25.5 Å². The molecule has 1 radical (unpaired) electrons. The molecule has 0 atom stereocenters. The molecule has 0 aliphatic carbocycles. The first-order valence-corrected chi connectivity index (χ1v) is 4.15. The van der Waals surface area contributed by atoms with Crippen LogP contribution in [-0.2, 0) is 4.74 Å². The van der Waals surface area contributed by atoms with Gasteiger partial charge < -0.3 is 15.8 Å². The van der Waals surface area contributed by atoms with Crippen LogP contribution in [0.5, 0.6) is 0 Å². The van der Waals surface area contributed by atoms with Crippen LogP contribution in [0.3, 0.4) is 0 Å². The van der Waals surface area contributed by atoms with Crippen molar-refractivity contribution in [1.29, 1.82) is 0 Å². The number of nitrogens with zero attached hydrogens (tertiary/aromatic N) is 1. The van der Waals surface area contributed by atoms with Crippen molar-refractivity contribution in [1.82, 2.24) is 10.3 Å². The lowest BCUT2D eigenvalue weighted by atomic mass is 10.2. The number of nitrogens with two attached hydrogens (primary N) is 1. The fourth-order valence-electron chi connectivity index (χ4n) is 0.904. The van der Waals surface area contributed by atoms with Crippen LogP contribution in [0.4, 0.5) is 5.69 Å². The normalized spacial score (nSPS) is 9.79. The van der Waals surface area contributed by atoms with Crippen LogP contribution < -0.4 is 11.1 Å². The van der Waals surface area contributed by atoms with Crippen LogP contribution in [-0.4, -0.2) is 31.2 Å². The number of carbonyl (C=O) groups excluding carboxylic acids is 1. The molecule has 0 unspecified atom stereocenters. The third kappa shape index (κ3) is 2.70. The molecule has 0 aromatic carbocycles. The molecule has 0 bridgehead atoms. The summed E-state index contributed by atoms with van der Waals surface area (Å²) in [5.74, 6) is -0.285. The Balaban J connectivity index is 2.56. The fraction of sp³-hybridized carbons (Fsp3) is 0.333. The minimum absolute atomic E-state index is 0.267. The van der Waals surface area contributed by atoms with Gasteiger partial charge in [0.2, 0.25) is 0 Å². The first-order chi connectivity index (χ1) is 6.75. The molecule has 1 amide bonds. The second-order valence-electron chi connectivity index (χ2n) is 2.64. The molecule has 5 nitrogen and oxygen atoms in total. The van der Waals surface area contributed by atoms with E-state index >= 15 is 0 Å². The van der Waals surface area contributed by atoms with Gasteiger partial charge in [0.1, 0.15) is 6.20 Å². The zero-order valence-electron chi connectivity index (χ0n) is 7.91. The van der Waals surface area contributed by atoms with E-state index in [0.717, 1.165) is 0 Å². The molecule has 1 aromatic heterocycles. The Morgan fingerprint density at radius 1 is 1.79 bits per heavy atom.